The lowest BCUT2D eigenvalue weighted by atomic mass is 10.1. The number of nitrogens with one attached hydrogen (secondary N) is 1. The topological polar surface area (TPSA) is 46.2 Å². The Hall–Kier alpha value is -1.90. The first kappa shape index (κ1) is 18.1. The van der Waals surface area contributed by atoms with Gasteiger partial charge in [-0.1, -0.05) is 50.1 Å². The van der Waals surface area contributed by atoms with Crippen LogP contribution in [0.15, 0.2) is 48.1 Å². The van der Waals surface area contributed by atoms with Crippen LogP contribution in [0.2, 0.25) is 0 Å². The van der Waals surface area contributed by atoms with Crippen LogP contribution >= 0.6 is 0 Å². The predicted octanol–water partition coefficient (Wildman–Crippen LogP) is 3.85. The number of hydrogen-bond donors (Lipinski definition) is 1. The fraction of sp³-hybridized carbons (Fsp3) is 0.421. The summed E-state index contributed by atoms with van der Waals surface area (Å²) in [5.74, 6) is 0.227. The molecule has 0 spiro atoms. The number of Topliss-reactive ketones (excluding diaryl/α,β-unsaturated/α-hetero) is 1. The van der Waals surface area contributed by atoms with E-state index in [1.54, 1.807) is 13.0 Å². The standard InChI is InChI=1S/C19H26NO2/c1-3-17-11-9-12-18(14-13-17)19(22)20-15-8-6-4-5-7-10-16(2)21/h3,9,11-14H,1,4-8,10,15H2,2H3,(H,20,22). The van der Waals surface area contributed by atoms with Crippen LogP contribution in [0.5, 0.6) is 0 Å². The average Bonchev–Trinajstić information content (AvgIpc) is 2.74. The van der Waals surface area contributed by atoms with Crippen LogP contribution in [0.25, 0.3) is 0 Å². The Morgan fingerprint density at radius 2 is 1.86 bits per heavy atom. The molecule has 0 saturated carbocycles. The van der Waals surface area contributed by atoms with Crippen molar-refractivity contribution in [2.45, 2.75) is 45.4 Å². The molecule has 0 aromatic carbocycles. The molecule has 1 N–H and O–H groups in total. The van der Waals surface area contributed by atoms with Gasteiger partial charge in [0.2, 0.25) is 0 Å². The van der Waals surface area contributed by atoms with E-state index in [0.717, 1.165) is 37.7 Å². The number of hydrogen-bond acceptors (Lipinski definition) is 2. The summed E-state index contributed by atoms with van der Waals surface area (Å²) in [5, 5.41) is 2.94. The molecule has 0 aromatic heterocycles. The molecule has 0 fully saturated rings. The number of carbonyl (C=O) groups excluding carboxylic acids is 2. The molecular formula is C19H26NO2. The lowest BCUT2D eigenvalue weighted by Crippen LogP contribution is -2.25. The molecule has 3 heteroatoms. The van der Waals surface area contributed by atoms with Crippen molar-refractivity contribution in [2.75, 3.05) is 6.54 Å². The molecule has 119 valence electrons. The minimum Gasteiger partial charge on any atom is -0.352 e. The summed E-state index contributed by atoms with van der Waals surface area (Å²) >= 11 is 0. The van der Waals surface area contributed by atoms with Crippen molar-refractivity contribution in [2.24, 2.45) is 0 Å². The number of carbonyl (C=O) groups is 2. The second-order valence-corrected chi connectivity index (χ2v) is 5.49. The van der Waals surface area contributed by atoms with E-state index in [1.807, 2.05) is 30.7 Å². The largest absolute Gasteiger partial charge is 0.352 e. The molecule has 3 nitrogen and oxygen atoms in total. The molecule has 1 aliphatic rings. The Morgan fingerprint density at radius 1 is 1.14 bits per heavy atom. The van der Waals surface area contributed by atoms with E-state index in [9.17, 15) is 9.59 Å². The van der Waals surface area contributed by atoms with Gasteiger partial charge in [0.25, 0.3) is 5.91 Å². The van der Waals surface area contributed by atoms with Gasteiger partial charge in [-0.3, -0.25) is 4.79 Å². The summed E-state index contributed by atoms with van der Waals surface area (Å²) in [6.45, 7) is 6.04. The minimum absolute atomic E-state index is 0.0391. The third-order valence-electron chi connectivity index (χ3n) is 3.51. The SMILES string of the molecule is C=CC1=CC=CC(C(=O)NCCCCCCCC(C)=O)=C[CH]1. The van der Waals surface area contributed by atoms with Gasteiger partial charge >= 0.3 is 0 Å². The van der Waals surface area contributed by atoms with Crippen molar-refractivity contribution >= 4 is 11.7 Å². The molecule has 1 amide bonds. The summed E-state index contributed by atoms with van der Waals surface area (Å²) in [5.41, 5.74) is 1.65. The van der Waals surface area contributed by atoms with Crippen molar-refractivity contribution in [3.63, 3.8) is 0 Å². The van der Waals surface area contributed by atoms with Gasteiger partial charge in [-0.2, -0.15) is 0 Å². The summed E-state index contributed by atoms with van der Waals surface area (Å²) in [7, 11) is 0. The van der Waals surface area contributed by atoms with Crippen LogP contribution in [-0.2, 0) is 9.59 Å². The van der Waals surface area contributed by atoms with Crippen LogP contribution in [0.4, 0.5) is 0 Å². The quantitative estimate of drug-likeness (QED) is 0.623. The maximum atomic E-state index is 12.0. The Morgan fingerprint density at radius 3 is 2.59 bits per heavy atom. The number of allylic oxidation sites excluding steroid dienone is 5. The van der Waals surface area contributed by atoms with E-state index in [0.29, 0.717) is 18.5 Å². The van der Waals surface area contributed by atoms with E-state index >= 15 is 0 Å². The van der Waals surface area contributed by atoms with Crippen molar-refractivity contribution in [3.8, 4) is 0 Å². The molecular weight excluding hydrogens is 274 g/mol. The van der Waals surface area contributed by atoms with Gasteiger partial charge in [0.15, 0.2) is 0 Å². The van der Waals surface area contributed by atoms with E-state index in [-0.39, 0.29) is 11.7 Å². The Balaban J connectivity index is 2.13. The summed E-state index contributed by atoms with van der Waals surface area (Å²) in [6, 6.07) is 0. The van der Waals surface area contributed by atoms with Crippen molar-refractivity contribution in [1.82, 2.24) is 5.32 Å². The Kier molecular flexibility index (Phi) is 8.89. The first-order valence-corrected chi connectivity index (χ1v) is 7.97. The first-order chi connectivity index (χ1) is 10.6. The molecule has 1 aliphatic carbocycles. The van der Waals surface area contributed by atoms with E-state index in [2.05, 4.69) is 11.9 Å². The Bertz CT molecular complexity index is 484. The van der Waals surface area contributed by atoms with Gasteiger partial charge in [-0.15, -0.1) is 0 Å². The third-order valence-corrected chi connectivity index (χ3v) is 3.51. The highest BCUT2D eigenvalue weighted by molar-refractivity contribution is 5.96. The maximum Gasteiger partial charge on any atom is 0.250 e. The van der Waals surface area contributed by atoms with Crippen LogP contribution in [0.1, 0.15) is 45.4 Å². The maximum absolute atomic E-state index is 12.0. The summed E-state index contributed by atoms with van der Waals surface area (Å²) in [4.78, 5) is 22.8. The molecule has 0 saturated heterocycles. The first-order valence-electron chi connectivity index (χ1n) is 7.97. The zero-order valence-electron chi connectivity index (χ0n) is 13.4. The van der Waals surface area contributed by atoms with Crippen LogP contribution in [-0.4, -0.2) is 18.2 Å². The lowest BCUT2D eigenvalue weighted by molar-refractivity contribution is -0.118. The fourth-order valence-corrected chi connectivity index (χ4v) is 2.18. The second-order valence-electron chi connectivity index (χ2n) is 5.49. The molecule has 0 unspecified atom stereocenters. The number of unbranched alkanes of at least 4 members (excludes halogenated alkanes) is 4. The molecule has 1 radical (unpaired) electrons. The van der Waals surface area contributed by atoms with Crippen LogP contribution < -0.4 is 5.32 Å². The van der Waals surface area contributed by atoms with Gasteiger partial charge in [-0.05, 0) is 31.4 Å². The molecule has 0 bridgehead atoms. The van der Waals surface area contributed by atoms with Crippen LogP contribution in [0.3, 0.4) is 0 Å². The molecule has 22 heavy (non-hydrogen) atoms. The second kappa shape index (κ2) is 10.8. The fourth-order valence-electron chi connectivity index (χ4n) is 2.18. The molecule has 0 aliphatic heterocycles. The van der Waals surface area contributed by atoms with Gasteiger partial charge in [0, 0.05) is 25.0 Å². The van der Waals surface area contributed by atoms with E-state index in [4.69, 9.17) is 0 Å². The van der Waals surface area contributed by atoms with Crippen molar-refractivity contribution in [3.05, 3.63) is 54.5 Å². The van der Waals surface area contributed by atoms with Gasteiger partial charge < -0.3 is 10.1 Å². The smallest absolute Gasteiger partial charge is 0.250 e. The molecule has 1 rings (SSSR count). The highest BCUT2D eigenvalue weighted by Gasteiger charge is 2.07. The lowest BCUT2D eigenvalue weighted by Gasteiger charge is -2.06. The summed E-state index contributed by atoms with van der Waals surface area (Å²) in [6.07, 6.45) is 17.0. The number of rotatable bonds is 10. The average molecular weight is 300 g/mol. The zero-order valence-corrected chi connectivity index (χ0v) is 13.4. The number of ketones is 1. The third kappa shape index (κ3) is 7.77. The van der Waals surface area contributed by atoms with E-state index < -0.39 is 0 Å². The van der Waals surface area contributed by atoms with Crippen LogP contribution in [0, 0.1) is 6.42 Å². The summed E-state index contributed by atoms with van der Waals surface area (Å²) < 4.78 is 0. The number of amides is 1. The normalized spacial score (nSPS) is 13.9. The zero-order chi connectivity index (χ0) is 16.2. The van der Waals surface area contributed by atoms with Gasteiger partial charge in [0.05, 0.1) is 0 Å². The van der Waals surface area contributed by atoms with Crippen molar-refractivity contribution in [1.29, 1.82) is 0 Å². The molecule has 0 aromatic rings. The Labute approximate surface area is 133 Å². The molecule has 0 heterocycles. The predicted molar refractivity (Wildman–Crippen MR) is 91.2 cm³/mol. The van der Waals surface area contributed by atoms with Crippen molar-refractivity contribution < 1.29 is 9.59 Å². The highest BCUT2D eigenvalue weighted by atomic mass is 16.1. The highest BCUT2D eigenvalue weighted by Crippen LogP contribution is 2.11. The van der Waals surface area contributed by atoms with E-state index in [1.165, 1.54) is 0 Å². The monoisotopic (exact) mass is 300 g/mol. The van der Waals surface area contributed by atoms with Gasteiger partial charge in [-0.25, -0.2) is 0 Å². The molecule has 0 atom stereocenters. The van der Waals surface area contributed by atoms with Gasteiger partial charge in [0.1, 0.15) is 5.78 Å². The minimum atomic E-state index is -0.0391.